The van der Waals surface area contributed by atoms with Crippen molar-refractivity contribution in [3.63, 3.8) is 0 Å². The van der Waals surface area contributed by atoms with Gasteiger partial charge in [-0.25, -0.2) is 0 Å². The number of rotatable bonds is 5. The Morgan fingerprint density at radius 1 is 0.957 bits per heavy atom. The van der Waals surface area contributed by atoms with Crippen LogP contribution in [0.2, 0.25) is 0 Å². The molecule has 23 heavy (non-hydrogen) atoms. The number of hydrogen-bond acceptors (Lipinski definition) is 3. The van der Waals surface area contributed by atoms with Gasteiger partial charge >= 0.3 is 0 Å². The Morgan fingerprint density at radius 3 is 2.13 bits per heavy atom. The molecular formula is C18H32N2O3. The fourth-order valence-electron chi connectivity index (χ4n) is 3.68. The molecule has 0 saturated heterocycles. The molecule has 2 saturated carbocycles. The van der Waals surface area contributed by atoms with Crippen molar-refractivity contribution in [2.45, 2.75) is 89.8 Å². The van der Waals surface area contributed by atoms with Gasteiger partial charge in [0.05, 0.1) is 6.10 Å². The normalized spacial score (nSPS) is 27.5. The molecule has 0 spiro atoms. The SMILES string of the molecule is CC(C)[C@H](NC(=O)C1CCC(O)CC1)C(=O)NC1CCCCC1. The summed E-state index contributed by atoms with van der Waals surface area (Å²) in [5.74, 6) is -0.0793. The summed E-state index contributed by atoms with van der Waals surface area (Å²) >= 11 is 0. The first-order chi connectivity index (χ1) is 11.0. The first-order valence-corrected chi connectivity index (χ1v) is 9.26. The van der Waals surface area contributed by atoms with Crippen molar-refractivity contribution in [3.8, 4) is 0 Å². The van der Waals surface area contributed by atoms with Crippen LogP contribution in [0.1, 0.15) is 71.6 Å². The number of carbonyl (C=O) groups excluding carboxylic acids is 2. The third-order valence-electron chi connectivity index (χ3n) is 5.27. The van der Waals surface area contributed by atoms with Gasteiger partial charge in [-0.2, -0.15) is 0 Å². The summed E-state index contributed by atoms with van der Waals surface area (Å²) in [6, 6.07) is -0.199. The lowest BCUT2D eigenvalue weighted by Gasteiger charge is -2.30. The van der Waals surface area contributed by atoms with Crippen molar-refractivity contribution in [2.24, 2.45) is 11.8 Å². The Labute approximate surface area is 139 Å². The van der Waals surface area contributed by atoms with Crippen molar-refractivity contribution in [1.82, 2.24) is 10.6 Å². The van der Waals surface area contributed by atoms with Gasteiger partial charge in [0.1, 0.15) is 6.04 Å². The van der Waals surface area contributed by atoms with E-state index >= 15 is 0 Å². The van der Waals surface area contributed by atoms with E-state index in [2.05, 4.69) is 10.6 Å². The highest BCUT2D eigenvalue weighted by molar-refractivity contribution is 5.88. The minimum Gasteiger partial charge on any atom is -0.393 e. The summed E-state index contributed by atoms with van der Waals surface area (Å²) in [7, 11) is 0. The largest absolute Gasteiger partial charge is 0.393 e. The molecule has 5 heteroatoms. The van der Waals surface area contributed by atoms with Crippen LogP contribution < -0.4 is 10.6 Å². The molecule has 2 rings (SSSR count). The number of nitrogens with one attached hydrogen (secondary N) is 2. The Morgan fingerprint density at radius 2 is 1.57 bits per heavy atom. The van der Waals surface area contributed by atoms with Gasteiger partial charge in [-0.05, 0) is 44.4 Å². The lowest BCUT2D eigenvalue weighted by atomic mass is 9.86. The first kappa shape index (κ1) is 18.2. The number of carbonyl (C=O) groups is 2. The predicted molar refractivity (Wildman–Crippen MR) is 89.7 cm³/mol. The van der Waals surface area contributed by atoms with Crippen LogP contribution in [-0.2, 0) is 9.59 Å². The second kappa shape index (κ2) is 8.67. The Hall–Kier alpha value is -1.10. The van der Waals surface area contributed by atoms with E-state index in [-0.39, 0.29) is 35.8 Å². The molecule has 2 fully saturated rings. The molecule has 1 atom stereocenters. The molecule has 0 heterocycles. The van der Waals surface area contributed by atoms with Crippen LogP contribution >= 0.6 is 0 Å². The molecule has 0 unspecified atom stereocenters. The van der Waals surface area contributed by atoms with E-state index in [0.717, 1.165) is 12.8 Å². The quantitative estimate of drug-likeness (QED) is 0.725. The topological polar surface area (TPSA) is 78.4 Å². The third kappa shape index (κ3) is 5.48. The second-order valence-corrected chi connectivity index (χ2v) is 7.58. The van der Waals surface area contributed by atoms with E-state index < -0.39 is 6.04 Å². The van der Waals surface area contributed by atoms with E-state index in [1.807, 2.05) is 13.8 Å². The van der Waals surface area contributed by atoms with Crippen LogP contribution in [0, 0.1) is 11.8 Å². The molecule has 0 aliphatic heterocycles. The van der Waals surface area contributed by atoms with Crippen LogP contribution in [0.15, 0.2) is 0 Å². The van der Waals surface area contributed by atoms with Crippen LogP contribution in [0.3, 0.4) is 0 Å². The zero-order valence-corrected chi connectivity index (χ0v) is 14.5. The van der Waals surface area contributed by atoms with Gasteiger partial charge < -0.3 is 15.7 Å². The van der Waals surface area contributed by atoms with E-state index in [1.54, 1.807) is 0 Å². The van der Waals surface area contributed by atoms with Gasteiger partial charge in [-0.15, -0.1) is 0 Å². The molecular weight excluding hydrogens is 292 g/mol. The van der Waals surface area contributed by atoms with Crippen molar-refractivity contribution in [2.75, 3.05) is 0 Å². The second-order valence-electron chi connectivity index (χ2n) is 7.58. The molecule has 0 radical (unpaired) electrons. The standard InChI is InChI=1S/C18H32N2O3/c1-12(2)16(18(23)19-14-6-4-3-5-7-14)20-17(22)13-8-10-15(21)11-9-13/h12-16,21H,3-11H2,1-2H3,(H,19,23)(H,20,22)/t13?,15?,16-/m0/s1. The average molecular weight is 324 g/mol. The van der Waals surface area contributed by atoms with Crippen molar-refractivity contribution >= 4 is 11.8 Å². The molecule has 5 nitrogen and oxygen atoms in total. The summed E-state index contributed by atoms with van der Waals surface area (Å²) in [6.07, 6.45) is 8.21. The van der Waals surface area contributed by atoms with Crippen LogP contribution in [0.5, 0.6) is 0 Å². The maximum Gasteiger partial charge on any atom is 0.243 e. The molecule has 0 bridgehead atoms. The summed E-state index contributed by atoms with van der Waals surface area (Å²) in [5, 5.41) is 15.6. The minimum absolute atomic E-state index is 0.0330. The number of aliphatic hydroxyl groups is 1. The highest BCUT2D eigenvalue weighted by Crippen LogP contribution is 2.24. The van der Waals surface area contributed by atoms with E-state index in [1.165, 1.54) is 19.3 Å². The van der Waals surface area contributed by atoms with E-state index in [0.29, 0.717) is 25.7 Å². The van der Waals surface area contributed by atoms with Gasteiger partial charge in [-0.1, -0.05) is 33.1 Å². The van der Waals surface area contributed by atoms with Gasteiger partial charge in [0.25, 0.3) is 0 Å². The van der Waals surface area contributed by atoms with Crippen LogP contribution in [-0.4, -0.2) is 35.1 Å². The Balaban J connectivity index is 1.87. The Bertz CT molecular complexity index is 397. The number of amides is 2. The molecule has 3 N–H and O–H groups in total. The van der Waals surface area contributed by atoms with Crippen molar-refractivity contribution in [3.05, 3.63) is 0 Å². The predicted octanol–water partition coefficient (Wildman–Crippen LogP) is 2.13. The van der Waals surface area contributed by atoms with Gasteiger partial charge in [-0.3, -0.25) is 9.59 Å². The lowest BCUT2D eigenvalue weighted by Crippen LogP contribution is -2.53. The van der Waals surface area contributed by atoms with Crippen molar-refractivity contribution in [1.29, 1.82) is 0 Å². The first-order valence-electron chi connectivity index (χ1n) is 9.26. The van der Waals surface area contributed by atoms with Crippen molar-refractivity contribution < 1.29 is 14.7 Å². The van der Waals surface area contributed by atoms with Gasteiger partial charge in [0.2, 0.25) is 11.8 Å². The zero-order valence-electron chi connectivity index (χ0n) is 14.5. The third-order valence-corrected chi connectivity index (χ3v) is 5.27. The van der Waals surface area contributed by atoms with E-state index in [9.17, 15) is 14.7 Å². The maximum atomic E-state index is 12.6. The minimum atomic E-state index is -0.462. The highest BCUT2D eigenvalue weighted by atomic mass is 16.3. The lowest BCUT2D eigenvalue weighted by molar-refractivity contribution is -0.133. The van der Waals surface area contributed by atoms with Gasteiger partial charge in [0, 0.05) is 12.0 Å². The molecule has 2 aliphatic rings. The van der Waals surface area contributed by atoms with Crippen LogP contribution in [0.25, 0.3) is 0 Å². The zero-order chi connectivity index (χ0) is 16.8. The monoisotopic (exact) mass is 324 g/mol. The molecule has 0 aromatic rings. The number of hydrogen-bond donors (Lipinski definition) is 3. The summed E-state index contributed by atoms with van der Waals surface area (Å²) in [5.41, 5.74) is 0. The average Bonchev–Trinajstić information content (AvgIpc) is 2.53. The fourth-order valence-corrected chi connectivity index (χ4v) is 3.68. The fraction of sp³-hybridized carbons (Fsp3) is 0.889. The smallest absolute Gasteiger partial charge is 0.243 e. The molecule has 132 valence electrons. The molecule has 2 amide bonds. The highest BCUT2D eigenvalue weighted by Gasteiger charge is 2.31. The Kier molecular flexibility index (Phi) is 6.88. The number of aliphatic hydroxyl groups excluding tert-OH is 1. The molecule has 0 aromatic carbocycles. The summed E-state index contributed by atoms with van der Waals surface area (Å²) in [6.45, 7) is 3.94. The summed E-state index contributed by atoms with van der Waals surface area (Å²) in [4.78, 5) is 25.0. The van der Waals surface area contributed by atoms with Crippen LogP contribution in [0.4, 0.5) is 0 Å². The van der Waals surface area contributed by atoms with E-state index in [4.69, 9.17) is 0 Å². The maximum absolute atomic E-state index is 12.6. The molecule has 0 aromatic heterocycles. The molecule has 2 aliphatic carbocycles. The summed E-state index contributed by atoms with van der Waals surface area (Å²) < 4.78 is 0. The van der Waals surface area contributed by atoms with Gasteiger partial charge in [0.15, 0.2) is 0 Å².